The van der Waals surface area contributed by atoms with Gasteiger partial charge in [-0.3, -0.25) is 9.59 Å². The molecule has 0 aliphatic carbocycles. The summed E-state index contributed by atoms with van der Waals surface area (Å²) in [5.41, 5.74) is 1.22. The number of rotatable bonds is 5. The first-order chi connectivity index (χ1) is 10.1. The van der Waals surface area contributed by atoms with E-state index in [0.717, 1.165) is 5.56 Å². The van der Waals surface area contributed by atoms with Crippen LogP contribution < -0.4 is 5.32 Å². The molecule has 0 bridgehead atoms. The van der Waals surface area contributed by atoms with Crippen LogP contribution in [0.2, 0.25) is 0 Å². The lowest BCUT2D eigenvalue weighted by Gasteiger charge is -2.04. The summed E-state index contributed by atoms with van der Waals surface area (Å²) in [4.78, 5) is 26.9. The minimum atomic E-state index is -0.364. The minimum Gasteiger partial charge on any atom is -0.469 e. The van der Waals surface area contributed by atoms with E-state index < -0.39 is 0 Å². The summed E-state index contributed by atoms with van der Waals surface area (Å²) < 4.78 is 9.53. The molecule has 0 fully saturated rings. The van der Waals surface area contributed by atoms with Crippen LogP contribution in [0.25, 0.3) is 11.5 Å². The van der Waals surface area contributed by atoms with E-state index >= 15 is 0 Å². The highest BCUT2D eigenvalue weighted by atomic mass is 16.5. The summed E-state index contributed by atoms with van der Waals surface area (Å²) in [7, 11) is 1.31. The van der Waals surface area contributed by atoms with Crippen LogP contribution in [0.5, 0.6) is 0 Å². The average Bonchev–Trinajstić information content (AvgIpc) is 2.93. The zero-order valence-corrected chi connectivity index (χ0v) is 11.8. The van der Waals surface area contributed by atoms with Gasteiger partial charge in [0.25, 0.3) is 11.8 Å². The van der Waals surface area contributed by atoms with Crippen molar-refractivity contribution in [2.45, 2.75) is 13.3 Å². The summed E-state index contributed by atoms with van der Waals surface area (Å²) in [5.74, 6) is 0.337. The van der Waals surface area contributed by atoms with Crippen molar-refractivity contribution in [3.05, 3.63) is 35.7 Å². The summed E-state index contributed by atoms with van der Waals surface area (Å²) in [6, 6.07) is 6.76. The molecule has 0 unspecified atom stereocenters. The van der Waals surface area contributed by atoms with Gasteiger partial charge in [-0.1, -0.05) is 5.16 Å². The lowest BCUT2D eigenvalue weighted by atomic mass is 10.1. The van der Waals surface area contributed by atoms with E-state index in [1.165, 1.54) is 7.11 Å². The van der Waals surface area contributed by atoms with Gasteiger partial charge in [0.2, 0.25) is 0 Å². The Hall–Kier alpha value is -2.70. The van der Waals surface area contributed by atoms with Crippen LogP contribution in [0, 0.1) is 6.92 Å². The third-order valence-corrected chi connectivity index (χ3v) is 2.76. The summed E-state index contributed by atoms with van der Waals surface area (Å²) in [6.07, 6.45) is 0.140. The van der Waals surface area contributed by atoms with E-state index in [1.54, 1.807) is 31.2 Å². The molecule has 1 aromatic heterocycles. The fraction of sp³-hybridized carbons (Fsp3) is 0.286. The van der Waals surface area contributed by atoms with Crippen molar-refractivity contribution >= 4 is 11.9 Å². The topological polar surface area (TPSA) is 94.3 Å². The zero-order chi connectivity index (χ0) is 15.2. The fourth-order valence-corrected chi connectivity index (χ4v) is 1.66. The summed E-state index contributed by atoms with van der Waals surface area (Å²) in [6.45, 7) is 1.96. The Balaban J connectivity index is 1.95. The molecule has 1 aromatic carbocycles. The SMILES string of the molecule is COC(=O)CCNC(=O)c1ccc(-c2nc(C)no2)cc1. The number of hydrogen-bond acceptors (Lipinski definition) is 6. The highest BCUT2D eigenvalue weighted by molar-refractivity contribution is 5.94. The Morgan fingerprint density at radius 2 is 2.00 bits per heavy atom. The third-order valence-electron chi connectivity index (χ3n) is 2.76. The maximum atomic E-state index is 11.9. The van der Waals surface area contributed by atoms with Crippen molar-refractivity contribution in [2.24, 2.45) is 0 Å². The number of benzene rings is 1. The van der Waals surface area contributed by atoms with Crippen molar-refractivity contribution in [3.8, 4) is 11.5 Å². The maximum absolute atomic E-state index is 11.9. The Kier molecular flexibility index (Phi) is 4.65. The number of amides is 1. The monoisotopic (exact) mass is 289 g/mol. The van der Waals surface area contributed by atoms with Crippen molar-refractivity contribution in [2.75, 3.05) is 13.7 Å². The largest absolute Gasteiger partial charge is 0.469 e. The molecule has 1 heterocycles. The number of hydrogen-bond donors (Lipinski definition) is 1. The average molecular weight is 289 g/mol. The predicted molar refractivity (Wildman–Crippen MR) is 73.4 cm³/mol. The van der Waals surface area contributed by atoms with Crippen LogP contribution >= 0.6 is 0 Å². The van der Waals surface area contributed by atoms with Crippen LogP contribution in [0.1, 0.15) is 22.6 Å². The van der Waals surface area contributed by atoms with Crippen molar-refractivity contribution < 1.29 is 18.8 Å². The van der Waals surface area contributed by atoms with E-state index in [-0.39, 0.29) is 24.8 Å². The van der Waals surface area contributed by atoms with Crippen LogP contribution in [-0.4, -0.2) is 35.7 Å². The van der Waals surface area contributed by atoms with Crippen LogP contribution in [0.3, 0.4) is 0 Å². The zero-order valence-electron chi connectivity index (χ0n) is 11.8. The van der Waals surface area contributed by atoms with Gasteiger partial charge in [-0.15, -0.1) is 0 Å². The van der Waals surface area contributed by atoms with Gasteiger partial charge in [0, 0.05) is 17.7 Å². The Bertz CT molecular complexity index is 634. The smallest absolute Gasteiger partial charge is 0.307 e. The molecule has 0 saturated carbocycles. The van der Waals surface area contributed by atoms with E-state index in [4.69, 9.17) is 4.52 Å². The number of aromatic nitrogens is 2. The Labute approximate surface area is 121 Å². The molecule has 2 rings (SSSR count). The molecule has 1 N–H and O–H groups in total. The number of nitrogens with zero attached hydrogens (tertiary/aromatic N) is 2. The first-order valence-electron chi connectivity index (χ1n) is 6.36. The molecular formula is C14H15N3O4. The molecule has 1 amide bonds. The number of nitrogens with one attached hydrogen (secondary N) is 1. The van der Waals surface area contributed by atoms with Crippen molar-refractivity contribution in [3.63, 3.8) is 0 Å². The van der Waals surface area contributed by atoms with E-state index in [1.807, 2.05) is 0 Å². The van der Waals surface area contributed by atoms with E-state index in [2.05, 4.69) is 20.2 Å². The van der Waals surface area contributed by atoms with Gasteiger partial charge in [-0.2, -0.15) is 4.98 Å². The number of carbonyl (C=O) groups excluding carboxylic acids is 2. The second-order valence-corrected chi connectivity index (χ2v) is 4.31. The number of methoxy groups -OCH3 is 1. The van der Waals surface area contributed by atoms with Crippen LogP contribution in [-0.2, 0) is 9.53 Å². The van der Waals surface area contributed by atoms with Gasteiger partial charge in [0.1, 0.15) is 0 Å². The van der Waals surface area contributed by atoms with Gasteiger partial charge < -0.3 is 14.6 Å². The molecule has 0 radical (unpaired) electrons. The molecule has 0 spiro atoms. The molecular weight excluding hydrogens is 274 g/mol. The van der Waals surface area contributed by atoms with Gasteiger partial charge in [-0.05, 0) is 31.2 Å². The second-order valence-electron chi connectivity index (χ2n) is 4.31. The molecule has 21 heavy (non-hydrogen) atoms. The Morgan fingerprint density at radius 3 is 2.57 bits per heavy atom. The quantitative estimate of drug-likeness (QED) is 0.835. The molecule has 0 aliphatic heterocycles. The summed E-state index contributed by atoms with van der Waals surface area (Å²) >= 11 is 0. The number of ether oxygens (including phenoxy) is 1. The molecule has 7 nitrogen and oxygen atoms in total. The van der Waals surface area contributed by atoms with E-state index in [0.29, 0.717) is 17.3 Å². The van der Waals surface area contributed by atoms with Crippen LogP contribution in [0.4, 0.5) is 0 Å². The lowest BCUT2D eigenvalue weighted by molar-refractivity contribution is -0.140. The number of aryl methyl sites for hydroxylation is 1. The highest BCUT2D eigenvalue weighted by Gasteiger charge is 2.09. The predicted octanol–water partition coefficient (Wildman–Crippen LogP) is 1.34. The minimum absolute atomic E-state index is 0.140. The van der Waals surface area contributed by atoms with Gasteiger partial charge in [0.15, 0.2) is 5.82 Å². The van der Waals surface area contributed by atoms with Crippen molar-refractivity contribution in [1.82, 2.24) is 15.5 Å². The fourth-order valence-electron chi connectivity index (χ4n) is 1.66. The summed E-state index contributed by atoms with van der Waals surface area (Å²) in [5, 5.41) is 6.34. The molecule has 0 aliphatic rings. The first-order valence-corrected chi connectivity index (χ1v) is 6.36. The second kappa shape index (κ2) is 6.65. The first kappa shape index (κ1) is 14.7. The molecule has 0 atom stereocenters. The van der Waals surface area contributed by atoms with Crippen LogP contribution in [0.15, 0.2) is 28.8 Å². The normalized spacial score (nSPS) is 10.2. The highest BCUT2D eigenvalue weighted by Crippen LogP contribution is 2.17. The van der Waals surface area contributed by atoms with Gasteiger partial charge in [-0.25, -0.2) is 0 Å². The van der Waals surface area contributed by atoms with Gasteiger partial charge >= 0.3 is 5.97 Å². The molecule has 2 aromatic rings. The van der Waals surface area contributed by atoms with E-state index in [9.17, 15) is 9.59 Å². The standard InChI is InChI=1S/C14H15N3O4/c1-9-16-14(21-17-9)11-5-3-10(4-6-11)13(19)15-8-7-12(18)20-2/h3-6H,7-8H2,1-2H3,(H,15,19). The van der Waals surface area contributed by atoms with Gasteiger partial charge in [0.05, 0.1) is 13.5 Å². The molecule has 7 heteroatoms. The molecule has 110 valence electrons. The number of esters is 1. The third kappa shape index (κ3) is 3.88. The van der Waals surface area contributed by atoms with Crippen molar-refractivity contribution in [1.29, 1.82) is 0 Å². The lowest BCUT2D eigenvalue weighted by Crippen LogP contribution is -2.26. The molecule has 0 saturated heterocycles. The maximum Gasteiger partial charge on any atom is 0.307 e. The number of carbonyl (C=O) groups is 2. The Morgan fingerprint density at radius 1 is 1.29 bits per heavy atom.